The van der Waals surface area contributed by atoms with Crippen LogP contribution in [-0.2, 0) is 16.6 Å². The second-order valence-corrected chi connectivity index (χ2v) is 7.55. The normalized spacial score (nSPS) is 11.5. The Morgan fingerprint density at radius 3 is 2.67 bits per heavy atom. The van der Waals surface area contributed by atoms with Crippen molar-refractivity contribution in [3.05, 3.63) is 82.2 Å². The van der Waals surface area contributed by atoms with Crippen LogP contribution < -0.4 is 4.72 Å². The molecule has 140 valence electrons. The molecule has 0 saturated carbocycles. The fraction of sp³-hybridized carbons (Fsp3) is 0.118. The molecule has 0 bridgehead atoms. The molecule has 0 spiro atoms. The molecule has 0 radical (unpaired) electrons. The van der Waals surface area contributed by atoms with Crippen molar-refractivity contribution in [2.45, 2.75) is 18.4 Å². The summed E-state index contributed by atoms with van der Waals surface area (Å²) >= 11 is 0. The summed E-state index contributed by atoms with van der Waals surface area (Å²) in [6.45, 7) is 1.36. The fourth-order valence-corrected chi connectivity index (χ4v) is 3.52. The lowest BCUT2D eigenvalue weighted by atomic mass is 10.2. The highest BCUT2D eigenvalue weighted by Crippen LogP contribution is 2.22. The van der Waals surface area contributed by atoms with Crippen LogP contribution >= 0.6 is 0 Å². The summed E-state index contributed by atoms with van der Waals surface area (Å²) in [4.78, 5) is 14.0. The van der Waals surface area contributed by atoms with Crippen LogP contribution in [0.4, 0.5) is 10.1 Å². The Morgan fingerprint density at radius 1 is 1.26 bits per heavy atom. The van der Waals surface area contributed by atoms with E-state index < -0.39 is 20.8 Å². The molecule has 0 fully saturated rings. The number of sulfonamides is 1. The molecule has 27 heavy (non-hydrogen) atoms. The van der Waals surface area contributed by atoms with Gasteiger partial charge in [0, 0.05) is 30.6 Å². The monoisotopic (exact) mass is 390 g/mol. The summed E-state index contributed by atoms with van der Waals surface area (Å²) in [5, 5.41) is 11.0. The van der Waals surface area contributed by atoms with Gasteiger partial charge in [-0.1, -0.05) is 12.1 Å². The van der Waals surface area contributed by atoms with Gasteiger partial charge in [0.15, 0.2) is 0 Å². The van der Waals surface area contributed by atoms with E-state index in [2.05, 4.69) is 9.71 Å². The number of halogens is 1. The zero-order chi connectivity index (χ0) is 19.6. The first-order chi connectivity index (χ1) is 12.8. The number of aryl methyl sites for hydroxylation is 1. The molecular formula is C17H15FN4O4S. The molecule has 0 aliphatic rings. The summed E-state index contributed by atoms with van der Waals surface area (Å²) in [5.74, 6) is -0.532. The smallest absolute Gasteiger partial charge is 0.273 e. The van der Waals surface area contributed by atoms with Gasteiger partial charge >= 0.3 is 0 Å². The number of benzene rings is 2. The third-order valence-electron chi connectivity index (χ3n) is 3.95. The Bertz CT molecular complexity index is 1100. The minimum atomic E-state index is -3.99. The van der Waals surface area contributed by atoms with Crippen molar-refractivity contribution in [2.24, 2.45) is 0 Å². The number of rotatable bonds is 6. The molecule has 1 N–H and O–H groups in total. The average Bonchev–Trinajstić information content (AvgIpc) is 3.14. The number of nitro benzene ring substituents is 1. The van der Waals surface area contributed by atoms with E-state index in [4.69, 9.17) is 0 Å². The second-order valence-electron chi connectivity index (χ2n) is 5.79. The largest absolute Gasteiger partial charge is 0.303 e. The quantitative estimate of drug-likeness (QED) is 0.514. The number of aromatic nitrogens is 2. The molecule has 0 unspecified atom stereocenters. The van der Waals surface area contributed by atoms with Crippen LogP contribution in [0.3, 0.4) is 0 Å². The van der Waals surface area contributed by atoms with Gasteiger partial charge in [-0.15, -0.1) is 0 Å². The molecule has 0 amide bonds. The third-order valence-corrected chi connectivity index (χ3v) is 5.35. The Balaban J connectivity index is 1.79. The van der Waals surface area contributed by atoms with Gasteiger partial charge in [0.2, 0.25) is 10.0 Å². The van der Waals surface area contributed by atoms with Gasteiger partial charge in [0.25, 0.3) is 5.69 Å². The van der Waals surface area contributed by atoms with E-state index in [1.807, 2.05) is 0 Å². The zero-order valence-corrected chi connectivity index (χ0v) is 15.0. The standard InChI is InChI=1S/C17H15FN4O4S/c1-12-2-4-14(9-17(12)22(23)24)27(25,26)20-10-13-3-5-16(15(18)8-13)21-7-6-19-11-21/h2-9,11,20H,10H2,1H3. The summed E-state index contributed by atoms with van der Waals surface area (Å²) < 4.78 is 42.8. The number of nitro groups is 1. The molecule has 1 aromatic heterocycles. The topological polar surface area (TPSA) is 107 Å². The van der Waals surface area contributed by atoms with Crippen molar-refractivity contribution in [2.75, 3.05) is 0 Å². The first-order valence-corrected chi connectivity index (χ1v) is 9.28. The molecular weight excluding hydrogens is 375 g/mol. The molecule has 8 nitrogen and oxygen atoms in total. The highest BCUT2D eigenvalue weighted by molar-refractivity contribution is 7.89. The Labute approximate surface area is 154 Å². The van der Waals surface area contributed by atoms with Gasteiger partial charge in [-0.05, 0) is 30.7 Å². The van der Waals surface area contributed by atoms with Crippen molar-refractivity contribution in [1.82, 2.24) is 14.3 Å². The van der Waals surface area contributed by atoms with E-state index in [9.17, 15) is 22.9 Å². The second kappa shape index (κ2) is 7.25. The molecule has 1 heterocycles. The van der Waals surface area contributed by atoms with Crippen LogP contribution in [0.5, 0.6) is 0 Å². The van der Waals surface area contributed by atoms with E-state index in [1.54, 1.807) is 12.3 Å². The van der Waals surface area contributed by atoms with Crippen LogP contribution in [-0.4, -0.2) is 22.9 Å². The molecule has 0 aliphatic heterocycles. The van der Waals surface area contributed by atoms with Crippen molar-refractivity contribution >= 4 is 15.7 Å². The summed E-state index contributed by atoms with van der Waals surface area (Å²) in [6.07, 6.45) is 4.55. The maximum Gasteiger partial charge on any atom is 0.273 e. The maximum absolute atomic E-state index is 14.2. The first-order valence-electron chi connectivity index (χ1n) is 7.79. The number of nitrogens with one attached hydrogen (secondary N) is 1. The molecule has 3 aromatic rings. The summed E-state index contributed by atoms with van der Waals surface area (Å²) in [6, 6.07) is 7.96. The lowest BCUT2D eigenvalue weighted by molar-refractivity contribution is -0.385. The van der Waals surface area contributed by atoms with Gasteiger partial charge in [0.05, 0.1) is 21.8 Å². The van der Waals surface area contributed by atoms with Gasteiger partial charge in [0.1, 0.15) is 5.82 Å². The maximum atomic E-state index is 14.2. The number of hydrogen-bond donors (Lipinski definition) is 1. The van der Waals surface area contributed by atoms with Crippen LogP contribution in [0.2, 0.25) is 0 Å². The van der Waals surface area contributed by atoms with E-state index >= 15 is 0 Å². The van der Waals surface area contributed by atoms with Crippen molar-refractivity contribution in [3.63, 3.8) is 0 Å². The number of hydrogen-bond acceptors (Lipinski definition) is 5. The first kappa shape index (κ1) is 18.7. The summed E-state index contributed by atoms with van der Waals surface area (Å²) in [7, 11) is -3.99. The number of nitrogens with zero attached hydrogens (tertiary/aromatic N) is 3. The van der Waals surface area contributed by atoms with Crippen LogP contribution in [0.1, 0.15) is 11.1 Å². The van der Waals surface area contributed by atoms with Crippen LogP contribution in [0.25, 0.3) is 5.69 Å². The SMILES string of the molecule is Cc1ccc(S(=O)(=O)NCc2ccc(-n3ccnc3)c(F)c2)cc1[N+](=O)[O-]. The van der Waals surface area contributed by atoms with E-state index in [0.717, 1.165) is 6.07 Å². The summed E-state index contributed by atoms with van der Waals surface area (Å²) in [5.41, 5.74) is 0.763. The van der Waals surface area contributed by atoms with Gasteiger partial charge in [-0.2, -0.15) is 0 Å². The number of imidazole rings is 1. The van der Waals surface area contributed by atoms with Gasteiger partial charge in [-0.25, -0.2) is 22.5 Å². The zero-order valence-electron chi connectivity index (χ0n) is 14.2. The predicted octanol–water partition coefficient (Wildman–Crippen LogP) is 2.71. The average molecular weight is 390 g/mol. The van der Waals surface area contributed by atoms with Gasteiger partial charge in [-0.3, -0.25) is 10.1 Å². The minimum Gasteiger partial charge on any atom is -0.303 e. The predicted molar refractivity (Wildman–Crippen MR) is 95.4 cm³/mol. The Morgan fingerprint density at radius 2 is 2.04 bits per heavy atom. The molecule has 0 atom stereocenters. The van der Waals surface area contributed by atoms with Crippen molar-refractivity contribution < 1.29 is 17.7 Å². The van der Waals surface area contributed by atoms with Crippen molar-refractivity contribution in [3.8, 4) is 5.69 Å². The molecule has 0 aliphatic carbocycles. The van der Waals surface area contributed by atoms with Gasteiger partial charge < -0.3 is 4.57 Å². The lowest BCUT2D eigenvalue weighted by Crippen LogP contribution is -2.23. The third kappa shape index (κ3) is 4.01. The highest BCUT2D eigenvalue weighted by atomic mass is 32.2. The van der Waals surface area contributed by atoms with E-state index in [1.165, 1.54) is 48.3 Å². The molecule has 10 heteroatoms. The van der Waals surface area contributed by atoms with E-state index in [0.29, 0.717) is 11.1 Å². The Hall–Kier alpha value is -3.11. The lowest BCUT2D eigenvalue weighted by Gasteiger charge is -2.09. The molecule has 3 rings (SSSR count). The van der Waals surface area contributed by atoms with Crippen LogP contribution in [0, 0.1) is 22.9 Å². The molecule has 0 saturated heterocycles. The fourth-order valence-electron chi connectivity index (χ4n) is 2.49. The highest BCUT2D eigenvalue weighted by Gasteiger charge is 2.19. The Kier molecular flexibility index (Phi) is 5.02. The molecule has 2 aromatic carbocycles. The van der Waals surface area contributed by atoms with E-state index in [-0.39, 0.29) is 22.8 Å². The minimum absolute atomic E-state index is 0.162. The van der Waals surface area contributed by atoms with Crippen molar-refractivity contribution in [1.29, 1.82) is 0 Å². The van der Waals surface area contributed by atoms with Crippen LogP contribution in [0.15, 0.2) is 60.0 Å².